The normalized spacial score (nSPS) is 13.4. The predicted octanol–water partition coefficient (Wildman–Crippen LogP) is 5.66. The molecule has 0 rings (SSSR count). The number of nitrogens with zero attached hydrogens (tertiary/aromatic N) is 1. The lowest BCUT2D eigenvalue weighted by Crippen LogP contribution is -2.30. The molecule has 0 saturated carbocycles. The van der Waals surface area contributed by atoms with Crippen LogP contribution in [0.1, 0.15) is 59.3 Å². The van der Waals surface area contributed by atoms with Gasteiger partial charge in [0, 0.05) is 7.92 Å². The molecule has 0 aromatic heterocycles. The van der Waals surface area contributed by atoms with E-state index in [0.29, 0.717) is 0 Å². The fourth-order valence-electron chi connectivity index (χ4n) is 1.87. The van der Waals surface area contributed by atoms with Crippen LogP contribution in [0.15, 0.2) is 0 Å². The lowest BCUT2D eigenvalue weighted by Gasteiger charge is -2.22. The minimum absolute atomic E-state index is 0.0675. The third-order valence-corrected chi connectivity index (χ3v) is 9.35. The van der Waals surface area contributed by atoms with E-state index in [1.165, 1.54) is 38.5 Å². The van der Waals surface area contributed by atoms with Gasteiger partial charge in [-0.05, 0) is 19.3 Å². The molecule has 0 aliphatic carbocycles. The predicted molar refractivity (Wildman–Crippen MR) is 101 cm³/mol. The van der Waals surface area contributed by atoms with Crippen molar-refractivity contribution in [3.8, 4) is 0 Å². The van der Waals surface area contributed by atoms with Gasteiger partial charge in [-0.1, -0.05) is 40.0 Å². The molecule has 14 heteroatoms. The summed E-state index contributed by atoms with van der Waals surface area (Å²) in [5.74, 6) is 0. The highest BCUT2D eigenvalue weighted by atomic mass is 32.3. The maximum Gasteiger partial charge on any atom is 0.480 e. The summed E-state index contributed by atoms with van der Waals surface area (Å²) in [5.41, 5.74) is -12.4. The number of hydrogen-bond donors (Lipinski definition) is 0. The Balaban J connectivity index is 0. The summed E-state index contributed by atoms with van der Waals surface area (Å²) < 4.78 is 109. The second-order valence-corrected chi connectivity index (χ2v) is 12.4. The van der Waals surface area contributed by atoms with E-state index in [4.69, 9.17) is 0 Å². The lowest BCUT2D eigenvalue weighted by molar-refractivity contribution is -0.0444. The molecule has 0 aliphatic heterocycles. The maximum atomic E-state index is 11.4. The number of alkyl halides is 6. The summed E-state index contributed by atoms with van der Waals surface area (Å²) in [5, 5.41) is 0. The van der Waals surface area contributed by atoms with Crippen molar-refractivity contribution in [2.45, 2.75) is 70.3 Å². The molecule has 5 nitrogen and oxygen atoms in total. The molecule has 0 aromatic carbocycles. The van der Waals surface area contributed by atoms with Gasteiger partial charge in [0.1, 0.15) is 0 Å². The Morgan fingerprint density at radius 3 is 1.07 bits per heavy atom. The van der Waals surface area contributed by atoms with Crippen LogP contribution in [-0.2, 0) is 20.0 Å². The van der Waals surface area contributed by atoms with Crippen molar-refractivity contribution in [2.24, 2.45) is 0 Å². The van der Waals surface area contributed by atoms with Crippen LogP contribution >= 0.6 is 7.92 Å². The Labute approximate surface area is 164 Å². The third-order valence-electron chi connectivity index (χ3n) is 3.43. The van der Waals surface area contributed by atoms with Gasteiger partial charge in [-0.25, -0.2) is 16.8 Å². The fourth-order valence-corrected chi connectivity index (χ4v) is 6.89. The van der Waals surface area contributed by atoms with Gasteiger partial charge in [0.2, 0.25) is 0 Å². The smallest absolute Gasteiger partial charge is 0.421 e. The first kappa shape index (κ1) is 30.1. The van der Waals surface area contributed by atoms with Crippen molar-refractivity contribution in [1.82, 2.24) is 0 Å². The van der Waals surface area contributed by atoms with Crippen LogP contribution in [0.2, 0.25) is 0 Å². The molecule has 0 spiro atoms. The van der Waals surface area contributed by atoms with E-state index >= 15 is 0 Å². The Morgan fingerprint density at radius 2 is 0.893 bits per heavy atom. The molecule has 0 radical (unpaired) electrons. The van der Waals surface area contributed by atoms with Gasteiger partial charge in [-0.15, -0.1) is 0 Å². The molecule has 0 fully saturated rings. The van der Waals surface area contributed by atoms with Gasteiger partial charge in [-0.3, -0.25) is 0 Å². The highest BCUT2D eigenvalue weighted by molar-refractivity contribution is 8.13. The first-order chi connectivity index (χ1) is 12.6. The van der Waals surface area contributed by atoms with Crippen LogP contribution < -0.4 is 0 Å². The number of rotatable bonds is 11. The molecule has 0 aliphatic rings. The molecule has 172 valence electrons. The monoisotopic (exact) mass is 483 g/mol. The molecule has 0 unspecified atom stereocenters. The zero-order valence-corrected chi connectivity index (χ0v) is 18.7. The van der Waals surface area contributed by atoms with Crippen LogP contribution in [0.5, 0.6) is 0 Å². The summed E-state index contributed by atoms with van der Waals surface area (Å²) in [6.45, 7) is 6.96. The molecule has 0 atom stereocenters. The summed E-state index contributed by atoms with van der Waals surface area (Å²) in [6.07, 6.45) is 13.4. The molecule has 0 amide bonds. The fraction of sp³-hybridized carbons (Fsp3) is 1.00. The molecule has 0 bridgehead atoms. The minimum Gasteiger partial charge on any atom is -0.421 e. The van der Waals surface area contributed by atoms with Crippen LogP contribution in [0, 0.1) is 0 Å². The van der Waals surface area contributed by atoms with Gasteiger partial charge in [-0.2, -0.15) is 26.3 Å². The van der Waals surface area contributed by atoms with Crippen LogP contribution in [0.4, 0.5) is 26.3 Å². The van der Waals surface area contributed by atoms with Crippen molar-refractivity contribution < 1.29 is 43.2 Å². The molecular weight excluding hydrogens is 455 g/mol. The van der Waals surface area contributed by atoms with Crippen molar-refractivity contribution >= 4 is 28.0 Å². The van der Waals surface area contributed by atoms with Crippen molar-refractivity contribution in [2.75, 3.05) is 18.5 Å². The van der Waals surface area contributed by atoms with E-state index in [2.05, 4.69) is 20.8 Å². The lowest BCUT2D eigenvalue weighted by atomic mass is 10.4. The van der Waals surface area contributed by atoms with Gasteiger partial charge in [0.05, 0.1) is 18.5 Å². The largest absolute Gasteiger partial charge is 0.480 e. The van der Waals surface area contributed by atoms with Crippen molar-refractivity contribution in [3.05, 3.63) is 4.13 Å². The standard InChI is InChI=1S/C12H27P.C2F6NO4S2/c1-4-7-10-13(11-8-5-2)12-9-6-3;3-1(4,5)14(10,11)9-15(12,13)2(6,7)8/h4-12H2,1-3H3;/q;-1/p+1. The molecule has 28 heavy (non-hydrogen) atoms. The third kappa shape index (κ3) is 12.4. The average Bonchev–Trinajstić information content (AvgIpc) is 2.51. The SMILES string of the molecule is CCCC[PH+](CCCC)CCCC.O=S(=O)([N-]S(=O)(=O)C(F)(F)F)C(F)(F)F. The zero-order valence-electron chi connectivity index (χ0n) is 16.0. The quantitative estimate of drug-likeness (QED) is 0.280. The Bertz CT molecular complexity index is 560. The highest BCUT2D eigenvalue weighted by Crippen LogP contribution is 2.38. The van der Waals surface area contributed by atoms with E-state index in [0.717, 1.165) is 4.13 Å². The van der Waals surface area contributed by atoms with Crippen molar-refractivity contribution in [3.63, 3.8) is 0 Å². The first-order valence-electron chi connectivity index (χ1n) is 8.76. The second-order valence-electron chi connectivity index (χ2n) is 5.98. The summed E-state index contributed by atoms with van der Waals surface area (Å²) in [7, 11) is -13.4. The minimum atomic E-state index is -6.72. The van der Waals surface area contributed by atoms with Crippen molar-refractivity contribution in [1.29, 1.82) is 0 Å². The maximum absolute atomic E-state index is 11.4. The average molecular weight is 483 g/mol. The number of halogens is 6. The molecule has 0 N–H and O–H groups in total. The molecular formula is C14H28F6NO4PS2. The van der Waals surface area contributed by atoms with Crippen LogP contribution in [0.3, 0.4) is 0 Å². The zero-order chi connectivity index (χ0) is 22.6. The summed E-state index contributed by atoms with van der Waals surface area (Å²) in [4.78, 5) is 0. The summed E-state index contributed by atoms with van der Waals surface area (Å²) >= 11 is 0. The van der Waals surface area contributed by atoms with Gasteiger partial charge < -0.3 is 4.13 Å². The van der Waals surface area contributed by atoms with E-state index in [1.807, 2.05) is 0 Å². The topological polar surface area (TPSA) is 82.4 Å². The number of hydrogen-bond acceptors (Lipinski definition) is 4. The molecule has 0 heterocycles. The first-order valence-corrected chi connectivity index (χ1v) is 13.8. The van der Waals surface area contributed by atoms with E-state index in [1.54, 1.807) is 18.5 Å². The number of unbranched alkanes of at least 4 members (excludes halogenated alkanes) is 3. The molecule has 0 saturated heterocycles. The van der Waals surface area contributed by atoms with E-state index in [9.17, 15) is 43.2 Å². The Morgan fingerprint density at radius 1 is 0.643 bits per heavy atom. The summed E-state index contributed by atoms with van der Waals surface area (Å²) in [6, 6.07) is 0. The van der Waals surface area contributed by atoms with Crippen LogP contribution in [-0.4, -0.2) is 46.3 Å². The highest BCUT2D eigenvalue weighted by Gasteiger charge is 2.46. The Hall–Kier alpha value is -0.130. The van der Waals surface area contributed by atoms with E-state index < -0.39 is 31.1 Å². The van der Waals surface area contributed by atoms with Gasteiger partial charge >= 0.3 is 11.0 Å². The van der Waals surface area contributed by atoms with Gasteiger partial charge in [0.25, 0.3) is 0 Å². The Kier molecular flexibility index (Phi) is 14.2. The van der Waals surface area contributed by atoms with Crippen LogP contribution in [0.25, 0.3) is 4.13 Å². The number of sulfonamides is 2. The van der Waals surface area contributed by atoms with Gasteiger partial charge in [0.15, 0.2) is 20.0 Å². The molecule has 0 aromatic rings. The van der Waals surface area contributed by atoms with E-state index in [-0.39, 0.29) is 7.92 Å². The second kappa shape index (κ2) is 13.2.